The number of carbonyl (C=O) groups excluding carboxylic acids is 1. The van der Waals surface area contributed by atoms with Gasteiger partial charge in [0.1, 0.15) is 0 Å². The van der Waals surface area contributed by atoms with Gasteiger partial charge in [0.05, 0.1) is 6.61 Å². The zero-order valence-electron chi connectivity index (χ0n) is 11.8. The second kappa shape index (κ2) is 10.2. The van der Waals surface area contributed by atoms with Gasteiger partial charge in [0.15, 0.2) is 0 Å². The molecule has 2 nitrogen and oxygen atoms in total. The van der Waals surface area contributed by atoms with Crippen molar-refractivity contribution in [3.8, 4) is 0 Å². The van der Waals surface area contributed by atoms with Gasteiger partial charge in [-0.05, 0) is 25.2 Å². The zero-order valence-corrected chi connectivity index (χ0v) is 11.8. The molecule has 0 aliphatic heterocycles. The van der Waals surface area contributed by atoms with E-state index in [0.717, 1.165) is 6.42 Å². The van der Waals surface area contributed by atoms with Crippen LogP contribution in [-0.4, -0.2) is 12.6 Å². The molecule has 0 amide bonds. The fourth-order valence-electron chi connectivity index (χ4n) is 1.96. The van der Waals surface area contributed by atoms with Crippen LogP contribution >= 0.6 is 0 Å². The number of allylic oxidation sites excluding steroid dienone is 1. The van der Waals surface area contributed by atoms with Crippen LogP contribution < -0.4 is 0 Å². The molecule has 0 spiro atoms. The lowest BCUT2D eigenvalue weighted by Gasteiger charge is -2.02. The van der Waals surface area contributed by atoms with Crippen LogP contribution in [0.4, 0.5) is 0 Å². The topological polar surface area (TPSA) is 26.3 Å². The average molecular weight is 252 g/mol. The van der Waals surface area contributed by atoms with Gasteiger partial charge in [-0.2, -0.15) is 0 Å². The molecule has 1 aliphatic rings. The Morgan fingerprint density at radius 2 is 1.67 bits per heavy atom. The highest BCUT2D eigenvalue weighted by Crippen LogP contribution is 2.29. The summed E-state index contributed by atoms with van der Waals surface area (Å²) < 4.78 is 5.14. The largest absolute Gasteiger partial charge is 0.463 e. The summed E-state index contributed by atoms with van der Waals surface area (Å²) >= 11 is 0. The van der Waals surface area contributed by atoms with Crippen molar-refractivity contribution >= 4 is 5.97 Å². The molecule has 0 radical (unpaired) electrons. The van der Waals surface area contributed by atoms with E-state index in [1.54, 1.807) is 6.08 Å². The Kier molecular flexibility index (Phi) is 8.62. The van der Waals surface area contributed by atoms with E-state index < -0.39 is 0 Å². The van der Waals surface area contributed by atoms with E-state index in [9.17, 15) is 4.79 Å². The second-order valence-electron chi connectivity index (χ2n) is 5.34. The van der Waals surface area contributed by atoms with Gasteiger partial charge in [-0.1, -0.05) is 57.9 Å². The Hall–Kier alpha value is -0.790. The summed E-state index contributed by atoms with van der Waals surface area (Å²) in [5, 5.41) is 0. The summed E-state index contributed by atoms with van der Waals surface area (Å²) in [7, 11) is 0. The van der Waals surface area contributed by atoms with Crippen molar-refractivity contribution < 1.29 is 9.53 Å². The van der Waals surface area contributed by atoms with E-state index >= 15 is 0 Å². The average Bonchev–Trinajstić information content (AvgIpc) is 3.18. The monoisotopic (exact) mass is 252 g/mol. The molecule has 0 aromatic heterocycles. The molecular weight excluding hydrogens is 224 g/mol. The molecule has 2 heteroatoms. The minimum atomic E-state index is -0.162. The van der Waals surface area contributed by atoms with Crippen LogP contribution in [0.5, 0.6) is 0 Å². The molecule has 1 fully saturated rings. The quantitative estimate of drug-likeness (QED) is 0.304. The number of rotatable bonds is 11. The molecule has 1 aliphatic carbocycles. The molecule has 1 rings (SSSR count). The normalized spacial score (nSPS) is 15.2. The predicted molar refractivity (Wildman–Crippen MR) is 75.4 cm³/mol. The summed E-state index contributed by atoms with van der Waals surface area (Å²) in [5.74, 6) is 0.491. The van der Waals surface area contributed by atoms with Crippen molar-refractivity contribution in [2.75, 3.05) is 6.61 Å². The van der Waals surface area contributed by atoms with Gasteiger partial charge in [-0.3, -0.25) is 0 Å². The fourth-order valence-corrected chi connectivity index (χ4v) is 1.96. The Bertz CT molecular complexity index is 241. The molecule has 0 aromatic rings. The Labute approximate surface area is 112 Å². The number of esters is 1. The molecule has 0 saturated heterocycles. The molecule has 0 N–H and O–H groups in total. The maximum absolute atomic E-state index is 11.3. The summed E-state index contributed by atoms with van der Waals surface area (Å²) in [6.07, 6.45) is 16.3. The third-order valence-electron chi connectivity index (χ3n) is 3.37. The lowest BCUT2D eigenvalue weighted by Crippen LogP contribution is -2.02. The summed E-state index contributed by atoms with van der Waals surface area (Å²) in [6.45, 7) is 2.83. The Morgan fingerprint density at radius 3 is 2.28 bits per heavy atom. The van der Waals surface area contributed by atoms with Crippen molar-refractivity contribution in [1.82, 2.24) is 0 Å². The molecule has 0 atom stereocenters. The van der Waals surface area contributed by atoms with Crippen molar-refractivity contribution in [1.29, 1.82) is 0 Å². The minimum absolute atomic E-state index is 0.162. The van der Waals surface area contributed by atoms with Crippen molar-refractivity contribution in [2.45, 2.75) is 71.1 Å². The van der Waals surface area contributed by atoms with Gasteiger partial charge < -0.3 is 4.74 Å². The maximum Gasteiger partial charge on any atom is 0.330 e. The van der Waals surface area contributed by atoms with Crippen LogP contribution in [0.3, 0.4) is 0 Å². The highest BCUT2D eigenvalue weighted by atomic mass is 16.5. The van der Waals surface area contributed by atoms with Crippen LogP contribution in [0, 0.1) is 5.92 Å². The lowest BCUT2D eigenvalue weighted by atomic mass is 10.1. The van der Waals surface area contributed by atoms with Crippen molar-refractivity contribution in [2.24, 2.45) is 5.92 Å². The number of ether oxygens (including phenoxy) is 1. The van der Waals surface area contributed by atoms with Crippen molar-refractivity contribution in [3.05, 3.63) is 12.2 Å². The smallest absolute Gasteiger partial charge is 0.330 e. The number of hydrogen-bond donors (Lipinski definition) is 0. The SMILES string of the molecule is CCCCCCCCCCOC(=O)C=CC1CC1. The number of carbonyl (C=O) groups is 1. The first-order valence-electron chi connectivity index (χ1n) is 7.68. The van der Waals surface area contributed by atoms with Crippen LogP contribution in [0.2, 0.25) is 0 Å². The highest BCUT2D eigenvalue weighted by Gasteiger charge is 2.17. The molecular formula is C16H28O2. The van der Waals surface area contributed by atoms with Gasteiger partial charge >= 0.3 is 5.97 Å². The van der Waals surface area contributed by atoms with E-state index in [-0.39, 0.29) is 5.97 Å². The second-order valence-corrected chi connectivity index (χ2v) is 5.34. The molecule has 0 bridgehead atoms. The van der Waals surface area contributed by atoms with E-state index in [4.69, 9.17) is 4.74 Å². The first kappa shape index (κ1) is 15.3. The van der Waals surface area contributed by atoms with E-state index in [2.05, 4.69) is 6.92 Å². The van der Waals surface area contributed by atoms with Gasteiger partial charge in [0.25, 0.3) is 0 Å². The Balaban J connectivity index is 1.78. The van der Waals surface area contributed by atoms with Crippen LogP contribution in [0.1, 0.15) is 71.1 Å². The third kappa shape index (κ3) is 9.26. The lowest BCUT2D eigenvalue weighted by molar-refractivity contribution is -0.137. The molecule has 0 heterocycles. The molecule has 18 heavy (non-hydrogen) atoms. The molecule has 0 aromatic carbocycles. The molecule has 1 saturated carbocycles. The van der Waals surface area contributed by atoms with Gasteiger partial charge in [0, 0.05) is 6.08 Å². The number of hydrogen-bond acceptors (Lipinski definition) is 2. The van der Waals surface area contributed by atoms with Crippen molar-refractivity contribution in [3.63, 3.8) is 0 Å². The summed E-state index contributed by atoms with van der Waals surface area (Å²) in [5.41, 5.74) is 0. The van der Waals surface area contributed by atoms with Crippen LogP contribution in [0.15, 0.2) is 12.2 Å². The zero-order chi connectivity index (χ0) is 13.1. The molecule has 0 unspecified atom stereocenters. The predicted octanol–water partition coefficient (Wildman–Crippen LogP) is 4.64. The highest BCUT2D eigenvalue weighted by molar-refractivity contribution is 5.81. The first-order chi connectivity index (χ1) is 8.83. The summed E-state index contributed by atoms with van der Waals surface area (Å²) in [6, 6.07) is 0. The number of unbranched alkanes of at least 4 members (excludes halogenated alkanes) is 7. The van der Waals surface area contributed by atoms with Crippen LogP contribution in [-0.2, 0) is 9.53 Å². The molecule has 104 valence electrons. The Morgan fingerprint density at radius 1 is 1.06 bits per heavy atom. The van der Waals surface area contributed by atoms with E-state index in [1.807, 2.05) is 6.08 Å². The van der Waals surface area contributed by atoms with Gasteiger partial charge in [-0.15, -0.1) is 0 Å². The minimum Gasteiger partial charge on any atom is -0.463 e. The van der Waals surface area contributed by atoms with E-state index in [1.165, 1.54) is 57.8 Å². The standard InChI is InChI=1S/C16H28O2/c1-2-3-4-5-6-7-8-9-14-18-16(17)13-12-15-10-11-15/h12-13,15H,2-11,14H2,1H3. The maximum atomic E-state index is 11.3. The first-order valence-corrected chi connectivity index (χ1v) is 7.68. The fraction of sp³-hybridized carbons (Fsp3) is 0.812. The van der Waals surface area contributed by atoms with Gasteiger partial charge in [-0.25, -0.2) is 4.79 Å². The van der Waals surface area contributed by atoms with Crippen LogP contribution in [0.25, 0.3) is 0 Å². The summed E-state index contributed by atoms with van der Waals surface area (Å²) in [4.78, 5) is 11.3. The van der Waals surface area contributed by atoms with E-state index in [0.29, 0.717) is 12.5 Å². The van der Waals surface area contributed by atoms with Gasteiger partial charge in [0.2, 0.25) is 0 Å². The third-order valence-corrected chi connectivity index (χ3v) is 3.37.